The summed E-state index contributed by atoms with van der Waals surface area (Å²) in [6.45, 7) is 8.47. The largest absolute Gasteiger partial charge is 0.485 e. The van der Waals surface area contributed by atoms with Crippen LogP contribution in [0, 0.1) is 5.92 Å². The summed E-state index contributed by atoms with van der Waals surface area (Å²) < 4.78 is 16.5. The summed E-state index contributed by atoms with van der Waals surface area (Å²) in [6.07, 6.45) is 6.00. The van der Waals surface area contributed by atoms with Crippen LogP contribution < -0.4 is 10.1 Å². The van der Waals surface area contributed by atoms with Crippen LogP contribution in [0.4, 0.5) is 5.82 Å². The minimum Gasteiger partial charge on any atom is -0.485 e. The number of ether oxygens (including phenoxy) is 3. The average Bonchev–Trinajstić information content (AvgIpc) is 3.34. The second kappa shape index (κ2) is 12.7. The molecule has 0 bridgehead atoms. The van der Waals surface area contributed by atoms with Crippen molar-refractivity contribution in [1.29, 1.82) is 0 Å². The van der Waals surface area contributed by atoms with E-state index >= 15 is 0 Å². The predicted octanol–water partition coefficient (Wildman–Crippen LogP) is 4.84. The summed E-state index contributed by atoms with van der Waals surface area (Å²) in [4.78, 5) is 19.7. The fourth-order valence-corrected chi connectivity index (χ4v) is 5.59. The molecule has 0 aliphatic carbocycles. The van der Waals surface area contributed by atoms with E-state index in [2.05, 4.69) is 34.5 Å². The molecule has 1 aromatic carbocycles. The number of pyridine rings is 1. The van der Waals surface area contributed by atoms with Crippen molar-refractivity contribution in [3.05, 3.63) is 53.2 Å². The molecule has 2 aliphatic rings. The molecule has 202 valence electrons. The van der Waals surface area contributed by atoms with E-state index in [1.54, 1.807) is 7.11 Å². The van der Waals surface area contributed by atoms with Gasteiger partial charge < -0.3 is 24.4 Å². The number of methoxy groups -OCH3 is 2. The Labute approximate surface area is 221 Å². The molecule has 7 nitrogen and oxygen atoms in total. The molecule has 0 amide bonds. The second-order valence-electron chi connectivity index (χ2n) is 11.1. The number of fused-ring (bicyclic) bond motifs is 1. The molecule has 3 heterocycles. The Kier molecular flexibility index (Phi) is 9.43. The molecule has 1 saturated heterocycles. The molecule has 0 saturated carbocycles. The van der Waals surface area contributed by atoms with E-state index in [0.29, 0.717) is 18.9 Å². The van der Waals surface area contributed by atoms with Gasteiger partial charge in [-0.05, 0) is 87.7 Å². The topological polar surface area (TPSA) is 72.9 Å². The minimum atomic E-state index is -0.434. The van der Waals surface area contributed by atoms with E-state index in [1.165, 1.54) is 31.2 Å². The number of nitrogens with zero attached hydrogens (tertiary/aromatic N) is 2. The van der Waals surface area contributed by atoms with Crippen LogP contribution in [0.2, 0.25) is 0 Å². The van der Waals surface area contributed by atoms with Crippen molar-refractivity contribution in [3.63, 3.8) is 0 Å². The Bertz CT molecular complexity index is 1040. The van der Waals surface area contributed by atoms with Crippen LogP contribution in [0.15, 0.2) is 36.4 Å². The lowest BCUT2D eigenvalue weighted by Crippen LogP contribution is -2.33. The highest BCUT2D eigenvalue weighted by Gasteiger charge is 2.27. The number of anilines is 1. The van der Waals surface area contributed by atoms with Gasteiger partial charge in [-0.2, -0.15) is 0 Å². The normalized spacial score (nSPS) is 18.6. The standard InChI is InChI=1S/C30H43N3O4/c1-30(2,21-35-3)37-27-9-5-7-24(17-27)25(18-28(34)36-4)20-33-16-14-22(19-33)10-12-26-13-11-23-8-6-15-31-29(23)32-26/h5,7,9,11,13,17,22,25H,6,8,10,12,14-16,18-21H2,1-4H3,(H,31,32)/t22-,25?/m1/s1. The summed E-state index contributed by atoms with van der Waals surface area (Å²) in [6, 6.07) is 12.6. The summed E-state index contributed by atoms with van der Waals surface area (Å²) in [5.74, 6) is 2.39. The Balaban J connectivity index is 1.35. The maximum atomic E-state index is 12.3. The van der Waals surface area contributed by atoms with E-state index in [4.69, 9.17) is 19.2 Å². The predicted molar refractivity (Wildman–Crippen MR) is 146 cm³/mol. The van der Waals surface area contributed by atoms with E-state index in [-0.39, 0.29) is 11.9 Å². The molecule has 37 heavy (non-hydrogen) atoms. The summed E-state index contributed by atoms with van der Waals surface area (Å²) >= 11 is 0. The number of aromatic nitrogens is 1. The third-order valence-corrected chi connectivity index (χ3v) is 7.47. The van der Waals surface area contributed by atoms with Crippen LogP contribution in [-0.4, -0.2) is 68.5 Å². The molecule has 1 fully saturated rings. The van der Waals surface area contributed by atoms with Gasteiger partial charge in [0.1, 0.15) is 17.2 Å². The van der Waals surface area contributed by atoms with Crippen LogP contribution in [0.1, 0.15) is 62.3 Å². The highest BCUT2D eigenvalue weighted by atomic mass is 16.5. The first-order valence-electron chi connectivity index (χ1n) is 13.6. The first-order valence-corrected chi connectivity index (χ1v) is 13.6. The number of rotatable bonds is 12. The second-order valence-corrected chi connectivity index (χ2v) is 11.1. The van der Waals surface area contributed by atoms with Gasteiger partial charge >= 0.3 is 5.97 Å². The first-order chi connectivity index (χ1) is 17.8. The fourth-order valence-electron chi connectivity index (χ4n) is 5.59. The molecule has 2 atom stereocenters. The van der Waals surface area contributed by atoms with Gasteiger partial charge in [0, 0.05) is 38.4 Å². The van der Waals surface area contributed by atoms with Gasteiger partial charge in [0.15, 0.2) is 0 Å². The van der Waals surface area contributed by atoms with Crippen LogP contribution in [0.25, 0.3) is 0 Å². The molecule has 1 aromatic heterocycles. The number of hydrogen-bond donors (Lipinski definition) is 1. The van der Waals surface area contributed by atoms with Crippen LogP contribution >= 0.6 is 0 Å². The fraction of sp³-hybridized carbons (Fsp3) is 0.600. The SMILES string of the molecule is COCC(C)(C)Oc1cccc(C(CC(=O)OC)CN2CC[C@@H](CCc3ccc4c(n3)NCCC4)C2)c1. The third-order valence-electron chi connectivity index (χ3n) is 7.47. The van der Waals surface area contributed by atoms with Gasteiger partial charge in [-0.25, -0.2) is 4.98 Å². The Morgan fingerprint density at radius 3 is 2.92 bits per heavy atom. The Morgan fingerprint density at radius 1 is 1.24 bits per heavy atom. The number of carbonyl (C=O) groups excluding carboxylic acids is 1. The van der Waals surface area contributed by atoms with Crippen molar-refractivity contribution in [1.82, 2.24) is 9.88 Å². The zero-order valence-corrected chi connectivity index (χ0v) is 22.9. The first kappa shape index (κ1) is 27.4. The Morgan fingerprint density at radius 2 is 2.11 bits per heavy atom. The quantitative estimate of drug-likeness (QED) is 0.410. The molecular formula is C30H43N3O4. The molecule has 7 heteroatoms. The molecule has 0 spiro atoms. The number of aryl methyl sites for hydroxylation is 2. The van der Waals surface area contributed by atoms with Gasteiger partial charge in [0.2, 0.25) is 0 Å². The highest BCUT2D eigenvalue weighted by Crippen LogP contribution is 2.30. The van der Waals surface area contributed by atoms with Crippen LogP contribution in [-0.2, 0) is 27.1 Å². The number of carbonyl (C=O) groups is 1. The van der Waals surface area contributed by atoms with E-state index in [9.17, 15) is 4.79 Å². The van der Waals surface area contributed by atoms with Crippen molar-refractivity contribution in [2.75, 3.05) is 52.3 Å². The third kappa shape index (κ3) is 7.92. The minimum absolute atomic E-state index is 0.0497. The smallest absolute Gasteiger partial charge is 0.306 e. The van der Waals surface area contributed by atoms with Crippen molar-refractivity contribution in [2.24, 2.45) is 5.92 Å². The molecule has 1 N–H and O–H groups in total. The molecule has 0 radical (unpaired) electrons. The molecule has 1 unspecified atom stereocenters. The number of esters is 1. The monoisotopic (exact) mass is 509 g/mol. The van der Waals surface area contributed by atoms with Crippen LogP contribution in [0.5, 0.6) is 5.75 Å². The lowest BCUT2D eigenvalue weighted by Gasteiger charge is -2.27. The van der Waals surface area contributed by atoms with Crippen molar-refractivity contribution in [2.45, 2.75) is 63.9 Å². The summed E-state index contributed by atoms with van der Waals surface area (Å²) in [5.41, 5.74) is 3.19. The molecule has 2 aromatic rings. The van der Waals surface area contributed by atoms with Gasteiger partial charge in [-0.15, -0.1) is 0 Å². The number of hydrogen-bond acceptors (Lipinski definition) is 7. The summed E-state index contributed by atoms with van der Waals surface area (Å²) in [7, 11) is 3.14. The van der Waals surface area contributed by atoms with Gasteiger partial charge in [-0.1, -0.05) is 18.2 Å². The van der Waals surface area contributed by atoms with Crippen molar-refractivity contribution < 1.29 is 19.0 Å². The molecule has 4 rings (SSSR count). The lowest BCUT2D eigenvalue weighted by molar-refractivity contribution is -0.141. The van der Waals surface area contributed by atoms with Crippen molar-refractivity contribution >= 4 is 11.8 Å². The lowest BCUT2D eigenvalue weighted by atomic mass is 9.94. The molecular weight excluding hydrogens is 466 g/mol. The molecule has 2 aliphatic heterocycles. The van der Waals surface area contributed by atoms with Crippen molar-refractivity contribution in [3.8, 4) is 5.75 Å². The average molecular weight is 510 g/mol. The van der Waals surface area contributed by atoms with E-state index < -0.39 is 5.60 Å². The number of likely N-dealkylation sites (tertiary alicyclic amines) is 1. The zero-order valence-electron chi connectivity index (χ0n) is 22.9. The number of benzene rings is 1. The van der Waals surface area contributed by atoms with Gasteiger partial charge in [0.25, 0.3) is 0 Å². The van der Waals surface area contributed by atoms with Crippen LogP contribution in [0.3, 0.4) is 0 Å². The number of nitrogens with one attached hydrogen (secondary N) is 1. The van der Waals surface area contributed by atoms with Gasteiger partial charge in [0.05, 0.1) is 20.1 Å². The van der Waals surface area contributed by atoms with Gasteiger partial charge in [-0.3, -0.25) is 4.79 Å². The summed E-state index contributed by atoms with van der Waals surface area (Å²) in [5, 5.41) is 3.45. The maximum absolute atomic E-state index is 12.3. The van der Waals surface area contributed by atoms with E-state index in [1.807, 2.05) is 26.0 Å². The highest BCUT2D eigenvalue weighted by molar-refractivity contribution is 5.70. The van der Waals surface area contributed by atoms with E-state index in [0.717, 1.165) is 62.6 Å². The Hall–Kier alpha value is -2.64. The zero-order chi connectivity index (χ0) is 26.3. The maximum Gasteiger partial charge on any atom is 0.306 e.